The van der Waals surface area contributed by atoms with Gasteiger partial charge in [0.05, 0.1) is 9.99 Å². The van der Waals surface area contributed by atoms with E-state index in [1.54, 1.807) is 19.1 Å². The summed E-state index contributed by atoms with van der Waals surface area (Å²) in [5.41, 5.74) is 1.72. The molecule has 74 valence electrons. The van der Waals surface area contributed by atoms with Crippen LogP contribution >= 0.6 is 15.9 Å². The van der Waals surface area contributed by atoms with Crippen LogP contribution in [0.1, 0.15) is 11.3 Å². The van der Waals surface area contributed by atoms with Crippen molar-refractivity contribution in [1.82, 2.24) is 4.98 Å². The number of nitriles is 1. The molecule has 4 heteroatoms. The van der Waals surface area contributed by atoms with E-state index < -0.39 is 0 Å². The van der Waals surface area contributed by atoms with Gasteiger partial charge in [-0.05, 0) is 46.6 Å². The average Bonchev–Trinajstić information content (AvgIpc) is 2.25. The van der Waals surface area contributed by atoms with Gasteiger partial charge in [0.25, 0.3) is 0 Å². The van der Waals surface area contributed by atoms with Gasteiger partial charge < -0.3 is 0 Å². The Morgan fingerprint density at radius 2 is 2.20 bits per heavy atom. The molecule has 0 aliphatic rings. The largest absolute Gasteiger partial charge is 0.237 e. The smallest absolute Gasteiger partial charge is 0.141 e. The molecule has 0 unspecified atom stereocenters. The second kappa shape index (κ2) is 3.59. The van der Waals surface area contributed by atoms with Gasteiger partial charge in [0, 0.05) is 5.39 Å². The van der Waals surface area contributed by atoms with Crippen LogP contribution in [0.15, 0.2) is 22.7 Å². The number of benzene rings is 1. The molecule has 0 aliphatic heterocycles. The summed E-state index contributed by atoms with van der Waals surface area (Å²) < 4.78 is 13.7. The molecular formula is C11H6BrFN2. The van der Waals surface area contributed by atoms with Gasteiger partial charge in [-0.1, -0.05) is 0 Å². The number of hydrogen-bond acceptors (Lipinski definition) is 2. The summed E-state index contributed by atoms with van der Waals surface area (Å²) in [6.45, 7) is 1.77. The SMILES string of the molecule is Cc1cc(F)c(Br)c2ccc(C#N)nc12. The quantitative estimate of drug-likeness (QED) is 0.732. The van der Waals surface area contributed by atoms with E-state index in [9.17, 15) is 4.39 Å². The van der Waals surface area contributed by atoms with Crippen LogP contribution in [0.3, 0.4) is 0 Å². The number of nitrogens with zero attached hydrogens (tertiary/aromatic N) is 2. The van der Waals surface area contributed by atoms with Crippen LogP contribution in [0.25, 0.3) is 10.9 Å². The van der Waals surface area contributed by atoms with E-state index in [1.165, 1.54) is 6.07 Å². The predicted octanol–water partition coefficient (Wildman–Crippen LogP) is 3.32. The Morgan fingerprint density at radius 3 is 2.87 bits per heavy atom. The number of halogens is 2. The lowest BCUT2D eigenvalue weighted by molar-refractivity contribution is 0.622. The Kier molecular flexibility index (Phi) is 2.41. The molecule has 0 fully saturated rings. The van der Waals surface area contributed by atoms with Crippen LogP contribution in [0.4, 0.5) is 4.39 Å². The molecule has 2 aromatic rings. The monoisotopic (exact) mass is 264 g/mol. The maximum Gasteiger partial charge on any atom is 0.141 e. The van der Waals surface area contributed by atoms with Crippen LogP contribution < -0.4 is 0 Å². The van der Waals surface area contributed by atoms with E-state index in [0.29, 0.717) is 21.1 Å². The summed E-state index contributed by atoms with van der Waals surface area (Å²) in [5, 5.41) is 9.40. The summed E-state index contributed by atoms with van der Waals surface area (Å²) in [7, 11) is 0. The highest BCUT2D eigenvalue weighted by atomic mass is 79.9. The standard InChI is InChI=1S/C11H6BrFN2/c1-6-4-9(13)10(12)8-3-2-7(5-14)15-11(6)8/h2-4H,1H3. The number of fused-ring (bicyclic) bond motifs is 1. The minimum Gasteiger partial charge on any atom is -0.237 e. The lowest BCUT2D eigenvalue weighted by atomic mass is 10.1. The molecule has 0 atom stereocenters. The van der Waals surface area contributed by atoms with E-state index in [-0.39, 0.29) is 5.82 Å². The normalized spacial score (nSPS) is 10.3. The van der Waals surface area contributed by atoms with E-state index >= 15 is 0 Å². The molecule has 0 saturated heterocycles. The lowest BCUT2D eigenvalue weighted by Crippen LogP contribution is -1.91. The lowest BCUT2D eigenvalue weighted by Gasteiger charge is -2.04. The van der Waals surface area contributed by atoms with Gasteiger partial charge >= 0.3 is 0 Å². The summed E-state index contributed by atoms with van der Waals surface area (Å²) in [6.07, 6.45) is 0. The molecule has 1 aromatic carbocycles. The van der Waals surface area contributed by atoms with Crippen molar-refractivity contribution >= 4 is 26.8 Å². The fourth-order valence-electron chi connectivity index (χ4n) is 1.45. The first-order valence-corrected chi connectivity index (χ1v) is 5.08. The van der Waals surface area contributed by atoms with E-state index in [0.717, 1.165) is 5.56 Å². The van der Waals surface area contributed by atoms with Crippen molar-refractivity contribution in [3.05, 3.63) is 39.7 Å². The second-order valence-corrected chi connectivity index (χ2v) is 3.99. The van der Waals surface area contributed by atoms with Crippen molar-refractivity contribution in [2.24, 2.45) is 0 Å². The highest BCUT2D eigenvalue weighted by molar-refractivity contribution is 9.10. The van der Waals surface area contributed by atoms with Crippen molar-refractivity contribution in [1.29, 1.82) is 5.26 Å². The average molecular weight is 265 g/mol. The summed E-state index contributed by atoms with van der Waals surface area (Å²) in [4.78, 5) is 4.14. The highest BCUT2D eigenvalue weighted by Gasteiger charge is 2.09. The van der Waals surface area contributed by atoms with Gasteiger partial charge in [0.1, 0.15) is 17.6 Å². The predicted molar refractivity (Wildman–Crippen MR) is 58.9 cm³/mol. The van der Waals surface area contributed by atoms with E-state index in [2.05, 4.69) is 20.9 Å². The summed E-state index contributed by atoms with van der Waals surface area (Å²) >= 11 is 3.16. The number of aromatic nitrogens is 1. The minimum atomic E-state index is -0.313. The van der Waals surface area contributed by atoms with Crippen molar-refractivity contribution < 1.29 is 4.39 Å². The zero-order valence-corrected chi connectivity index (χ0v) is 9.47. The summed E-state index contributed by atoms with van der Waals surface area (Å²) in [5.74, 6) is -0.313. The van der Waals surface area contributed by atoms with Gasteiger partial charge in [-0.25, -0.2) is 9.37 Å². The third-order valence-electron chi connectivity index (χ3n) is 2.17. The van der Waals surface area contributed by atoms with Gasteiger partial charge in [0.15, 0.2) is 0 Å². The molecule has 0 N–H and O–H groups in total. The van der Waals surface area contributed by atoms with Gasteiger partial charge in [-0.15, -0.1) is 0 Å². The number of rotatable bonds is 0. The van der Waals surface area contributed by atoms with Crippen molar-refractivity contribution in [3.63, 3.8) is 0 Å². The maximum atomic E-state index is 13.4. The third-order valence-corrected chi connectivity index (χ3v) is 2.98. The van der Waals surface area contributed by atoms with E-state index in [4.69, 9.17) is 5.26 Å². The molecule has 1 aromatic heterocycles. The molecule has 0 aliphatic carbocycles. The molecule has 0 bridgehead atoms. The molecule has 0 radical (unpaired) electrons. The zero-order chi connectivity index (χ0) is 11.0. The highest BCUT2D eigenvalue weighted by Crippen LogP contribution is 2.28. The Balaban J connectivity index is 2.91. The van der Waals surface area contributed by atoms with Crippen LogP contribution in [-0.4, -0.2) is 4.98 Å². The first-order valence-electron chi connectivity index (χ1n) is 4.29. The molecule has 1 heterocycles. The third kappa shape index (κ3) is 1.59. The Hall–Kier alpha value is -1.47. The van der Waals surface area contributed by atoms with Gasteiger partial charge in [-0.3, -0.25) is 0 Å². The number of hydrogen-bond donors (Lipinski definition) is 0. The van der Waals surface area contributed by atoms with Crippen LogP contribution in [0.5, 0.6) is 0 Å². The first-order chi connectivity index (χ1) is 7.13. The topological polar surface area (TPSA) is 36.7 Å². The van der Waals surface area contributed by atoms with Crippen LogP contribution in [0, 0.1) is 24.1 Å². The van der Waals surface area contributed by atoms with Crippen molar-refractivity contribution in [3.8, 4) is 6.07 Å². The number of pyridine rings is 1. The molecule has 2 rings (SSSR count). The van der Waals surface area contributed by atoms with Gasteiger partial charge in [-0.2, -0.15) is 5.26 Å². The second-order valence-electron chi connectivity index (χ2n) is 3.19. The van der Waals surface area contributed by atoms with Gasteiger partial charge in [0.2, 0.25) is 0 Å². The minimum absolute atomic E-state index is 0.313. The molecule has 0 saturated carbocycles. The van der Waals surface area contributed by atoms with Crippen molar-refractivity contribution in [2.75, 3.05) is 0 Å². The maximum absolute atomic E-state index is 13.4. The molecular weight excluding hydrogens is 259 g/mol. The number of aryl methyl sites for hydroxylation is 1. The summed E-state index contributed by atoms with van der Waals surface area (Å²) in [6, 6.07) is 6.63. The molecule has 0 spiro atoms. The Morgan fingerprint density at radius 1 is 1.47 bits per heavy atom. The zero-order valence-electron chi connectivity index (χ0n) is 7.88. The fraction of sp³-hybridized carbons (Fsp3) is 0.0909. The molecule has 2 nitrogen and oxygen atoms in total. The first kappa shape index (κ1) is 10.1. The molecule has 0 amide bonds. The Bertz CT molecular complexity index is 587. The Labute approximate surface area is 94.5 Å². The van der Waals surface area contributed by atoms with Crippen LogP contribution in [0.2, 0.25) is 0 Å². The van der Waals surface area contributed by atoms with Crippen molar-refractivity contribution in [2.45, 2.75) is 6.92 Å². The van der Waals surface area contributed by atoms with Crippen LogP contribution in [-0.2, 0) is 0 Å². The molecule has 15 heavy (non-hydrogen) atoms. The van der Waals surface area contributed by atoms with E-state index in [1.807, 2.05) is 6.07 Å². The fourth-order valence-corrected chi connectivity index (χ4v) is 1.88.